The molecule has 2 aromatic rings. The summed E-state index contributed by atoms with van der Waals surface area (Å²) >= 11 is 0. The molecular formula is C27H35N3O4. The van der Waals surface area contributed by atoms with E-state index in [2.05, 4.69) is 12.2 Å². The molecule has 7 nitrogen and oxygen atoms in total. The number of piperidine rings is 1. The molecule has 3 amide bonds. The van der Waals surface area contributed by atoms with Gasteiger partial charge in [0.15, 0.2) is 0 Å². The highest BCUT2D eigenvalue weighted by atomic mass is 16.5. The number of hydrogen-bond acceptors (Lipinski definition) is 4. The summed E-state index contributed by atoms with van der Waals surface area (Å²) in [5.41, 5.74) is 3.02. The molecule has 0 aromatic heterocycles. The largest absolute Gasteiger partial charge is 0.496 e. The summed E-state index contributed by atoms with van der Waals surface area (Å²) in [4.78, 5) is 29.9. The van der Waals surface area contributed by atoms with Gasteiger partial charge in [-0.05, 0) is 61.9 Å². The van der Waals surface area contributed by atoms with Gasteiger partial charge in [0.05, 0.1) is 19.3 Å². The first kappa shape index (κ1) is 23.9. The summed E-state index contributed by atoms with van der Waals surface area (Å²) in [5.74, 6) is 1.61. The highest BCUT2D eigenvalue weighted by molar-refractivity contribution is 5.94. The van der Waals surface area contributed by atoms with Gasteiger partial charge in [-0.1, -0.05) is 31.2 Å². The molecule has 1 unspecified atom stereocenters. The summed E-state index contributed by atoms with van der Waals surface area (Å²) in [5, 5.41) is 3.07. The van der Waals surface area contributed by atoms with Crippen molar-refractivity contribution in [2.24, 2.45) is 5.92 Å². The van der Waals surface area contributed by atoms with Crippen molar-refractivity contribution in [2.45, 2.75) is 45.6 Å². The van der Waals surface area contributed by atoms with Crippen molar-refractivity contribution in [2.75, 3.05) is 38.2 Å². The van der Waals surface area contributed by atoms with Crippen LogP contribution in [0.5, 0.6) is 11.5 Å². The minimum Gasteiger partial charge on any atom is -0.496 e. The first-order valence-corrected chi connectivity index (χ1v) is 12.2. The molecule has 0 saturated carbocycles. The molecule has 1 fully saturated rings. The van der Waals surface area contributed by atoms with E-state index in [1.807, 2.05) is 59.2 Å². The minimum absolute atomic E-state index is 0.00336. The van der Waals surface area contributed by atoms with Crippen molar-refractivity contribution >= 4 is 17.6 Å². The molecule has 2 aliphatic rings. The lowest BCUT2D eigenvalue weighted by Crippen LogP contribution is -2.52. The van der Waals surface area contributed by atoms with Crippen LogP contribution < -0.4 is 19.7 Å². The Hall–Kier alpha value is -3.22. The van der Waals surface area contributed by atoms with Gasteiger partial charge in [-0.25, -0.2) is 4.79 Å². The number of carbonyl (C=O) groups is 2. The number of para-hydroxylation sites is 1. The van der Waals surface area contributed by atoms with E-state index in [9.17, 15) is 9.59 Å². The van der Waals surface area contributed by atoms with E-state index in [4.69, 9.17) is 9.47 Å². The highest BCUT2D eigenvalue weighted by Crippen LogP contribution is 2.36. The lowest BCUT2D eigenvalue weighted by Gasteiger charge is -2.39. The van der Waals surface area contributed by atoms with E-state index in [1.165, 1.54) is 0 Å². The maximum atomic E-state index is 13.4. The molecule has 2 aromatic carbocycles. The highest BCUT2D eigenvalue weighted by Gasteiger charge is 2.34. The van der Waals surface area contributed by atoms with E-state index >= 15 is 0 Å². The number of likely N-dealkylation sites (tertiary alicyclic amines) is 1. The van der Waals surface area contributed by atoms with Crippen molar-refractivity contribution in [3.05, 3.63) is 53.6 Å². The molecule has 7 heteroatoms. The fourth-order valence-corrected chi connectivity index (χ4v) is 4.73. The molecule has 2 aliphatic heterocycles. The Morgan fingerprint density at radius 1 is 1.15 bits per heavy atom. The first-order chi connectivity index (χ1) is 16.5. The van der Waals surface area contributed by atoms with Crippen LogP contribution in [0.4, 0.5) is 10.5 Å². The Kier molecular flexibility index (Phi) is 7.60. The molecule has 0 bridgehead atoms. The van der Waals surface area contributed by atoms with Crippen molar-refractivity contribution in [1.29, 1.82) is 0 Å². The Bertz CT molecular complexity index is 1020. The molecule has 1 saturated heterocycles. The number of fused-ring (bicyclic) bond motifs is 1. The smallest absolute Gasteiger partial charge is 0.324 e. The van der Waals surface area contributed by atoms with Gasteiger partial charge >= 0.3 is 6.03 Å². The van der Waals surface area contributed by atoms with Crippen LogP contribution in [-0.4, -0.2) is 56.2 Å². The molecule has 1 N–H and O–H groups in total. The van der Waals surface area contributed by atoms with Gasteiger partial charge in [0, 0.05) is 25.6 Å². The number of nitrogens with zero attached hydrogens (tertiary/aromatic N) is 2. The van der Waals surface area contributed by atoms with Crippen LogP contribution in [0.15, 0.2) is 42.5 Å². The van der Waals surface area contributed by atoms with Crippen molar-refractivity contribution in [3.8, 4) is 11.5 Å². The summed E-state index contributed by atoms with van der Waals surface area (Å²) in [6.45, 7) is 6.38. The first-order valence-electron chi connectivity index (χ1n) is 12.2. The quantitative estimate of drug-likeness (QED) is 0.695. The van der Waals surface area contributed by atoms with Gasteiger partial charge < -0.3 is 19.7 Å². The van der Waals surface area contributed by atoms with Crippen LogP contribution in [-0.2, 0) is 11.2 Å². The lowest BCUT2D eigenvalue weighted by molar-refractivity contribution is -0.126. The Morgan fingerprint density at radius 2 is 1.91 bits per heavy atom. The number of benzene rings is 2. The molecule has 34 heavy (non-hydrogen) atoms. The van der Waals surface area contributed by atoms with Gasteiger partial charge in [-0.2, -0.15) is 0 Å². The van der Waals surface area contributed by atoms with Crippen LogP contribution in [0.25, 0.3) is 0 Å². The summed E-state index contributed by atoms with van der Waals surface area (Å²) < 4.78 is 11.4. The number of anilines is 1. The molecular weight excluding hydrogens is 430 g/mol. The number of ether oxygens (including phenoxy) is 2. The molecule has 0 spiro atoms. The van der Waals surface area contributed by atoms with Crippen molar-refractivity contribution in [3.63, 3.8) is 0 Å². The molecule has 2 heterocycles. The van der Waals surface area contributed by atoms with Crippen molar-refractivity contribution < 1.29 is 19.1 Å². The minimum atomic E-state index is -0.0654. The number of methoxy groups -OCH3 is 1. The number of urea groups is 1. The number of amides is 3. The van der Waals surface area contributed by atoms with Crippen LogP contribution >= 0.6 is 0 Å². The zero-order valence-electron chi connectivity index (χ0n) is 20.4. The second-order valence-electron chi connectivity index (χ2n) is 9.13. The van der Waals surface area contributed by atoms with E-state index < -0.39 is 0 Å². The maximum absolute atomic E-state index is 13.4. The average Bonchev–Trinajstić information content (AvgIpc) is 2.88. The number of nitrogens with one attached hydrogen (secondary N) is 1. The molecule has 182 valence electrons. The van der Waals surface area contributed by atoms with Gasteiger partial charge in [0.25, 0.3) is 0 Å². The van der Waals surface area contributed by atoms with E-state index in [-0.39, 0.29) is 24.0 Å². The van der Waals surface area contributed by atoms with Gasteiger partial charge in [-0.3, -0.25) is 9.69 Å². The third-order valence-corrected chi connectivity index (χ3v) is 6.79. The lowest BCUT2D eigenvalue weighted by atomic mass is 9.96. The maximum Gasteiger partial charge on any atom is 0.324 e. The molecule has 0 radical (unpaired) electrons. The second-order valence-corrected chi connectivity index (χ2v) is 9.13. The van der Waals surface area contributed by atoms with Gasteiger partial charge in [-0.15, -0.1) is 0 Å². The van der Waals surface area contributed by atoms with E-state index in [1.54, 1.807) is 7.11 Å². The standard InChI is InChI=1S/C27H35N3O4/c1-4-22-18-30(23-17-19(2)9-10-25(23)34-22)27(32)29-15-12-21(13-16-29)26(31)28-14-11-20-7-5-6-8-24(20)33-3/h5-10,17,21-22H,4,11-16,18H2,1-3H3,(H,28,31). The van der Waals surface area contributed by atoms with Gasteiger partial charge in [0.2, 0.25) is 5.91 Å². The fourth-order valence-electron chi connectivity index (χ4n) is 4.73. The number of rotatable bonds is 6. The second kappa shape index (κ2) is 10.8. The van der Waals surface area contributed by atoms with E-state index in [0.717, 1.165) is 41.2 Å². The predicted octanol–water partition coefficient (Wildman–Crippen LogP) is 4.17. The Labute approximate surface area is 202 Å². The predicted molar refractivity (Wildman–Crippen MR) is 133 cm³/mol. The van der Waals surface area contributed by atoms with Crippen LogP contribution in [0.3, 0.4) is 0 Å². The molecule has 1 atom stereocenters. The summed E-state index contributed by atoms with van der Waals surface area (Å²) in [6.07, 6.45) is 2.91. The number of carbonyl (C=O) groups excluding carboxylic acids is 2. The van der Waals surface area contributed by atoms with Crippen LogP contribution in [0.1, 0.15) is 37.3 Å². The third-order valence-electron chi connectivity index (χ3n) is 6.79. The zero-order valence-corrected chi connectivity index (χ0v) is 20.4. The fraction of sp³-hybridized carbons (Fsp3) is 0.481. The SMILES string of the molecule is CCC1CN(C(=O)N2CCC(C(=O)NCCc3ccccc3OC)CC2)c2cc(C)ccc2O1. The monoisotopic (exact) mass is 465 g/mol. The van der Waals surface area contributed by atoms with Gasteiger partial charge in [0.1, 0.15) is 17.6 Å². The zero-order chi connectivity index (χ0) is 24.1. The Morgan fingerprint density at radius 3 is 2.65 bits per heavy atom. The Balaban J connectivity index is 1.31. The normalized spacial score (nSPS) is 18.1. The summed E-state index contributed by atoms with van der Waals surface area (Å²) in [6, 6.07) is 13.8. The summed E-state index contributed by atoms with van der Waals surface area (Å²) in [7, 11) is 1.66. The molecule has 4 rings (SSSR count). The topological polar surface area (TPSA) is 71.1 Å². The third kappa shape index (κ3) is 5.29. The number of aryl methyl sites for hydroxylation is 1. The van der Waals surface area contributed by atoms with Crippen molar-refractivity contribution in [1.82, 2.24) is 10.2 Å². The van der Waals surface area contributed by atoms with E-state index in [0.29, 0.717) is 39.0 Å². The van der Waals surface area contributed by atoms with Crippen LogP contribution in [0.2, 0.25) is 0 Å². The molecule has 0 aliphatic carbocycles. The number of hydrogen-bond donors (Lipinski definition) is 1. The average molecular weight is 466 g/mol. The van der Waals surface area contributed by atoms with Crippen LogP contribution in [0, 0.1) is 12.8 Å².